The third-order valence-corrected chi connectivity index (χ3v) is 4.79. The summed E-state index contributed by atoms with van der Waals surface area (Å²) in [5.41, 5.74) is 0. The van der Waals surface area contributed by atoms with E-state index in [1.807, 2.05) is 0 Å². The SMILES string of the molecule is CCC(C)NC(CCCN[SiH3])(NC(C)CC)NC(C)CC. The van der Waals surface area contributed by atoms with Crippen LogP contribution in [0, 0.1) is 0 Å². The molecule has 0 saturated heterocycles. The summed E-state index contributed by atoms with van der Waals surface area (Å²) in [5.74, 6) is -0.154. The van der Waals surface area contributed by atoms with Gasteiger partial charge in [-0.25, -0.2) is 0 Å². The van der Waals surface area contributed by atoms with Crippen molar-refractivity contribution in [2.75, 3.05) is 6.54 Å². The summed E-state index contributed by atoms with van der Waals surface area (Å²) in [6, 6.07) is 1.51. The molecule has 0 rings (SSSR count). The summed E-state index contributed by atoms with van der Waals surface area (Å²) in [4.78, 5) is 3.40. The van der Waals surface area contributed by atoms with E-state index in [-0.39, 0.29) is 5.79 Å². The van der Waals surface area contributed by atoms with Crippen molar-refractivity contribution >= 4 is 10.4 Å². The maximum absolute atomic E-state index is 3.83. The Morgan fingerprint density at radius 3 is 1.48 bits per heavy atom. The average molecular weight is 317 g/mol. The van der Waals surface area contributed by atoms with E-state index in [0.29, 0.717) is 18.1 Å². The molecule has 0 aliphatic heterocycles. The van der Waals surface area contributed by atoms with Crippen LogP contribution in [-0.4, -0.2) is 40.9 Å². The standard InChI is InChI=1S/C16H40N4Si/c1-7-13(4)18-16(11-10-12-17-21,19-14(5)8-2)20-15(6)9-3/h13-15,17-20H,7-12H2,1-6,21H3. The van der Waals surface area contributed by atoms with Crippen LogP contribution >= 0.6 is 0 Å². The van der Waals surface area contributed by atoms with Gasteiger partial charge in [-0.2, -0.15) is 0 Å². The first-order valence-corrected chi connectivity index (χ1v) is 9.90. The summed E-state index contributed by atoms with van der Waals surface area (Å²) in [5, 5.41) is 11.5. The van der Waals surface area contributed by atoms with Gasteiger partial charge >= 0.3 is 0 Å². The van der Waals surface area contributed by atoms with Crippen molar-refractivity contribution in [2.24, 2.45) is 0 Å². The quantitative estimate of drug-likeness (QED) is 0.236. The monoisotopic (exact) mass is 316 g/mol. The lowest BCUT2D eigenvalue weighted by Gasteiger charge is -2.43. The zero-order valence-electron chi connectivity index (χ0n) is 15.5. The lowest BCUT2D eigenvalue weighted by atomic mass is 10.1. The predicted octanol–water partition coefficient (Wildman–Crippen LogP) is 1.45. The molecule has 0 radical (unpaired) electrons. The molecule has 5 heteroatoms. The molecule has 0 bridgehead atoms. The summed E-state index contributed by atoms with van der Waals surface area (Å²) in [7, 11) is 1.08. The Labute approximate surface area is 136 Å². The summed E-state index contributed by atoms with van der Waals surface area (Å²) in [6.07, 6.45) is 5.71. The van der Waals surface area contributed by atoms with Crippen molar-refractivity contribution in [3.63, 3.8) is 0 Å². The van der Waals surface area contributed by atoms with Crippen molar-refractivity contribution < 1.29 is 0 Å². The Hall–Kier alpha value is 0.0569. The van der Waals surface area contributed by atoms with Gasteiger partial charge in [-0.3, -0.25) is 16.0 Å². The highest BCUT2D eigenvalue weighted by Crippen LogP contribution is 2.13. The van der Waals surface area contributed by atoms with Crippen molar-refractivity contribution in [1.82, 2.24) is 20.9 Å². The molecule has 21 heavy (non-hydrogen) atoms. The number of hydrogen-bond acceptors (Lipinski definition) is 4. The fraction of sp³-hybridized carbons (Fsp3) is 1.00. The zero-order chi connectivity index (χ0) is 16.3. The molecule has 0 aromatic heterocycles. The first kappa shape index (κ1) is 21.1. The van der Waals surface area contributed by atoms with Gasteiger partial charge in [-0.15, -0.1) is 0 Å². The van der Waals surface area contributed by atoms with E-state index in [2.05, 4.69) is 62.5 Å². The van der Waals surface area contributed by atoms with E-state index in [4.69, 9.17) is 0 Å². The molecule has 4 N–H and O–H groups in total. The average Bonchev–Trinajstić information content (AvgIpc) is 2.46. The minimum absolute atomic E-state index is 0.154. The highest BCUT2D eigenvalue weighted by Gasteiger charge is 2.32. The molecule has 0 amide bonds. The number of hydrogen-bond donors (Lipinski definition) is 4. The molecule has 3 atom stereocenters. The van der Waals surface area contributed by atoms with Gasteiger partial charge in [0.05, 0.1) is 10.4 Å². The molecule has 0 heterocycles. The van der Waals surface area contributed by atoms with Gasteiger partial charge in [0.25, 0.3) is 0 Å². The van der Waals surface area contributed by atoms with E-state index in [0.717, 1.165) is 42.6 Å². The topological polar surface area (TPSA) is 48.1 Å². The molecule has 128 valence electrons. The number of nitrogens with one attached hydrogen (secondary N) is 4. The molecular formula is C16H40N4Si. The Morgan fingerprint density at radius 2 is 1.19 bits per heavy atom. The normalized spacial score (nSPS) is 19.1. The highest BCUT2D eigenvalue weighted by molar-refractivity contribution is 6.04. The van der Waals surface area contributed by atoms with Crippen LogP contribution in [0.15, 0.2) is 0 Å². The summed E-state index contributed by atoms with van der Waals surface area (Å²) >= 11 is 0. The minimum atomic E-state index is -0.154. The van der Waals surface area contributed by atoms with Gasteiger partial charge in [-0.05, 0) is 59.4 Å². The van der Waals surface area contributed by atoms with Gasteiger partial charge in [0, 0.05) is 18.1 Å². The van der Waals surface area contributed by atoms with E-state index < -0.39 is 0 Å². The second-order valence-corrected chi connectivity index (χ2v) is 7.18. The predicted molar refractivity (Wildman–Crippen MR) is 98.6 cm³/mol. The van der Waals surface area contributed by atoms with Crippen molar-refractivity contribution in [1.29, 1.82) is 0 Å². The van der Waals surface area contributed by atoms with Crippen LogP contribution in [0.3, 0.4) is 0 Å². The molecule has 0 aliphatic carbocycles. The fourth-order valence-corrected chi connectivity index (χ4v) is 2.79. The Kier molecular flexibility index (Phi) is 11.6. The third kappa shape index (κ3) is 8.93. The minimum Gasteiger partial charge on any atom is -0.345 e. The molecular weight excluding hydrogens is 276 g/mol. The molecule has 0 aromatic rings. The smallest absolute Gasteiger partial charge is 0.124 e. The molecule has 4 nitrogen and oxygen atoms in total. The lowest BCUT2D eigenvalue weighted by Crippen LogP contribution is -2.71. The van der Waals surface area contributed by atoms with Crippen molar-refractivity contribution in [2.45, 2.75) is 97.6 Å². The van der Waals surface area contributed by atoms with Crippen molar-refractivity contribution in [3.8, 4) is 0 Å². The molecule has 0 spiro atoms. The van der Waals surface area contributed by atoms with E-state index >= 15 is 0 Å². The van der Waals surface area contributed by atoms with E-state index in [9.17, 15) is 0 Å². The summed E-state index contributed by atoms with van der Waals surface area (Å²) < 4.78 is 0. The fourth-order valence-electron chi connectivity index (χ4n) is 2.44. The number of rotatable bonds is 13. The van der Waals surface area contributed by atoms with Crippen LogP contribution in [0.4, 0.5) is 0 Å². The Balaban J connectivity index is 5.04. The van der Waals surface area contributed by atoms with Crippen LogP contribution in [0.5, 0.6) is 0 Å². The van der Waals surface area contributed by atoms with Gasteiger partial charge in [0.1, 0.15) is 5.79 Å². The first-order chi connectivity index (χ1) is 9.92. The summed E-state index contributed by atoms with van der Waals surface area (Å²) in [6.45, 7) is 14.7. The largest absolute Gasteiger partial charge is 0.345 e. The maximum atomic E-state index is 3.83. The molecule has 0 saturated carbocycles. The van der Waals surface area contributed by atoms with Crippen LogP contribution in [0.25, 0.3) is 0 Å². The third-order valence-electron chi connectivity index (χ3n) is 4.29. The van der Waals surface area contributed by atoms with Gasteiger partial charge in [0.2, 0.25) is 0 Å². The van der Waals surface area contributed by atoms with E-state index in [1.54, 1.807) is 0 Å². The lowest BCUT2D eigenvalue weighted by molar-refractivity contribution is 0.126. The van der Waals surface area contributed by atoms with Gasteiger partial charge in [-0.1, -0.05) is 20.8 Å². The van der Waals surface area contributed by atoms with Crippen LogP contribution in [-0.2, 0) is 0 Å². The van der Waals surface area contributed by atoms with Crippen LogP contribution in [0.1, 0.15) is 73.6 Å². The van der Waals surface area contributed by atoms with Crippen LogP contribution < -0.4 is 20.9 Å². The maximum Gasteiger partial charge on any atom is 0.124 e. The molecule has 0 fully saturated rings. The zero-order valence-corrected chi connectivity index (χ0v) is 17.5. The Morgan fingerprint density at radius 1 is 0.810 bits per heavy atom. The molecule has 0 aromatic carbocycles. The highest BCUT2D eigenvalue weighted by atomic mass is 28.2. The Bertz CT molecular complexity index is 219. The second-order valence-electron chi connectivity index (χ2n) is 6.47. The second kappa shape index (κ2) is 11.6. The van der Waals surface area contributed by atoms with Gasteiger partial charge in [0.15, 0.2) is 0 Å². The first-order valence-electron chi connectivity index (χ1n) is 8.90. The van der Waals surface area contributed by atoms with Crippen molar-refractivity contribution in [3.05, 3.63) is 0 Å². The molecule has 0 aliphatic rings. The van der Waals surface area contributed by atoms with E-state index in [1.165, 1.54) is 6.42 Å². The van der Waals surface area contributed by atoms with Crippen LogP contribution in [0.2, 0.25) is 0 Å². The molecule has 3 unspecified atom stereocenters. The van der Waals surface area contributed by atoms with Gasteiger partial charge < -0.3 is 4.98 Å².